The molecule has 2 atom stereocenters. The summed E-state index contributed by atoms with van der Waals surface area (Å²) in [5, 5.41) is 7.33. The van der Waals surface area contributed by atoms with E-state index in [1.165, 1.54) is 43.2 Å². The van der Waals surface area contributed by atoms with E-state index in [0.29, 0.717) is 12.1 Å². The Balaban J connectivity index is 1.80. The summed E-state index contributed by atoms with van der Waals surface area (Å²) in [5.74, 6) is 0. The van der Waals surface area contributed by atoms with E-state index in [0.717, 1.165) is 13.1 Å². The second-order valence-electron chi connectivity index (χ2n) is 5.76. The second-order valence-corrected chi connectivity index (χ2v) is 5.76. The Morgan fingerprint density at radius 2 is 2.16 bits per heavy atom. The molecule has 2 nitrogen and oxygen atoms in total. The minimum atomic E-state index is 0.485. The molecule has 0 saturated heterocycles. The van der Waals surface area contributed by atoms with Crippen LogP contribution < -0.4 is 10.6 Å². The SMILES string of the molecule is CCCCCC(C)NCC1NCCc2ccccc21. The Kier molecular flexibility index (Phi) is 5.87. The number of rotatable bonds is 7. The zero-order valence-electron chi connectivity index (χ0n) is 12.4. The average Bonchev–Trinajstić information content (AvgIpc) is 2.45. The first-order chi connectivity index (χ1) is 9.31. The largest absolute Gasteiger partial charge is 0.312 e. The topological polar surface area (TPSA) is 24.1 Å². The van der Waals surface area contributed by atoms with Gasteiger partial charge in [0.1, 0.15) is 0 Å². The first-order valence-electron chi connectivity index (χ1n) is 7.85. The quantitative estimate of drug-likeness (QED) is 0.734. The molecule has 1 heterocycles. The monoisotopic (exact) mass is 260 g/mol. The van der Waals surface area contributed by atoms with Gasteiger partial charge in [-0.15, -0.1) is 0 Å². The van der Waals surface area contributed by atoms with Gasteiger partial charge in [0.15, 0.2) is 0 Å². The highest BCUT2D eigenvalue weighted by atomic mass is 15.0. The van der Waals surface area contributed by atoms with Gasteiger partial charge >= 0.3 is 0 Å². The highest BCUT2D eigenvalue weighted by Crippen LogP contribution is 2.22. The molecule has 2 unspecified atom stereocenters. The fraction of sp³-hybridized carbons (Fsp3) is 0.647. The van der Waals surface area contributed by atoms with Crippen LogP contribution in [0.2, 0.25) is 0 Å². The summed E-state index contributed by atoms with van der Waals surface area (Å²) >= 11 is 0. The lowest BCUT2D eigenvalue weighted by Gasteiger charge is -2.28. The molecule has 0 bridgehead atoms. The summed E-state index contributed by atoms with van der Waals surface area (Å²) in [7, 11) is 0. The van der Waals surface area contributed by atoms with Crippen molar-refractivity contribution >= 4 is 0 Å². The zero-order valence-corrected chi connectivity index (χ0v) is 12.4. The number of hydrogen-bond acceptors (Lipinski definition) is 2. The van der Waals surface area contributed by atoms with Crippen LogP contribution in [0.3, 0.4) is 0 Å². The summed E-state index contributed by atoms with van der Waals surface area (Å²) in [5.41, 5.74) is 3.01. The molecule has 2 N–H and O–H groups in total. The van der Waals surface area contributed by atoms with Crippen LogP contribution in [0.4, 0.5) is 0 Å². The molecule has 106 valence electrons. The van der Waals surface area contributed by atoms with Gasteiger partial charge in [-0.05, 0) is 37.4 Å². The molecule has 1 aliphatic rings. The van der Waals surface area contributed by atoms with Gasteiger partial charge in [-0.3, -0.25) is 0 Å². The Bertz CT molecular complexity index is 375. The van der Waals surface area contributed by atoms with E-state index >= 15 is 0 Å². The van der Waals surface area contributed by atoms with Crippen molar-refractivity contribution in [3.63, 3.8) is 0 Å². The second kappa shape index (κ2) is 7.66. The van der Waals surface area contributed by atoms with Gasteiger partial charge in [0.05, 0.1) is 0 Å². The van der Waals surface area contributed by atoms with Crippen molar-refractivity contribution in [3.05, 3.63) is 35.4 Å². The van der Waals surface area contributed by atoms with Crippen molar-refractivity contribution in [2.75, 3.05) is 13.1 Å². The third-order valence-electron chi connectivity index (χ3n) is 4.13. The van der Waals surface area contributed by atoms with Gasteiger partial charge in [0.2, 0.25) is 0 Å². The molecule has 0 spiro atoms. The van der Waals surface area contributed by atoms with Crippen molar-refractivity contribution in [3.8, 4) is 0 Å². The summed E-state index contributed by atoms with van der Waals surface area (Å²) < 4.78 is 0. The van der Waals surface area contributed by atoms with Crippen LogP contribution in [-0.4, -0.2) is 19.1 Å². The fourth-order valence-electron chi connectivity index (χ4n) is 2.90. The van der Waals surface area contributed by atoms with E-state index in [2.05, 4.69) is 48.7 Å². The number of unbranched alkanes of at least 4 members (excludes halogenated alkanes) is 2. The molecule has 1 aliphatic heterocycles. The first kappa shape index (κ1) is 14.5. The highest BCUT2D eigenvalue weighted by molar-refractivity contribution is 5.32. The van der Waals surface area contributed by atoms with Gasteiger partial charge < -0.3 is 10.6 Å². The third kappa shape index (κ3) is 4.32. The Hall–Kier alpha value is -0.860. The first-order valence-corrected chi connectivity index (χ1v) is 7.85. The van der Waals surface area contributed by atoms with Crippen molar-refractivity contribution in [2.24, 2.45) is 0 Å². The van der Waals surface area contributed by atoms with Gasteiger partial charge in [0.25, 0.3) is 0 Å². The maximum Gasteiger partial charge on any atom is 0.0449 e. The van der Waals surface area contributed by atoms with Crippen LogP contribution in [-0.2, 0) is 6.42 Å². The van der Waals surface area contributed by atoms with Gasteiger partial charge in [-0.25, -0.2) is 0 Å². The molecule has 0 amide bonds. The molecule has 1 aromatic rings. The molecule has 0 fully saturated rings. The van der Waals surface area contributed by atoms with Gasteiger partial charge in [-0.1, -0.05) is 50.5 Å². The Morgan fingerprint density at radius 3 is 3.00 bits per heavy atom. The van der Waals surface area contributed by atoms with Crippen LogP contribution in [0, 0.1) is 0 Å². The summed E-state index contributed by atoms with van der Waals surface area (Å²) in [6.07, 6.45) is 6.47. The summed E-state index contributed by atoms with van der Waals surface area (Å²) in [4.78, 5) is 0. The molecule has 0 radical (unpaired) electrons. The normalized spacial score (nSPS) is 20.0. The van der Waals surface area contributed by atoms with Crippen LogP contribution in [0.15, 0.2) is 24.3 Å². The third-order valence-corrected chi connectivity index (χ3v) is 4.13. The molecule has 0 aromatic heterocycles. The van der Waals surface area contributed by atoms with Crippen molar-refractivity contribution in [1.29, 1.82) is 0 Å². The summed E-state index contributed by atoms with van der Waals surface area (Å²) in [6.45, 7) is 6.73. The predicted octanol–water partition coefficient (Wildman–Crippen LogP) is 3.43. The molecule has 19 heavy (non-hydrogen) atoms. The lowest BCUT2D eigenvalue weighted by Crippen LogP contribution is -2.39. The molecule has 1 aromatic carbocycles. The van der Waals surface area contributed by atoms with E-state index in [4.69, 9.17) is 0 Å². The minimum absolute atomic E-state index is 0.485. The molecule has 0 aliphatic carbocycles. The van der Waals surface area contributed by atoms with Crippen LogP contribution >= 0.6 is 0 Å². The number of benzene rings is 1. The lowest BCUT2D eigenvalue weighted by atomic mass is 9.94. The van der Waals surface area contributed by atoms with E-state index < -0.39 is 0 Å². The smallest absolute Gasteiger partial charge is 0.0449 e. The molecular weight excluding hydrogens is 232 g/mol. The highest BCUT2D eigenvalue weighted by Gasteiger charge is 2.19. The predicted molar refractivity (Wildman–Crippen MR) is 82.5 cm³/mol. The van der Waals surface area contributed by atoms with Crippen LogP contribution in [0.1, 0.15) is 56.7 Å². The maximum atomic E-state index is 3.69. The van der Waals surface area contributed by atoms with Crippen molar-refractivity contribution in [1.82, 2.24) is 10.6 Å². The van der Waals surface area contributed by atoms with Crippen LogP contribution in [0.5, 0.6) is 0 Å². The Morgan fingerprint density at radius 1 is 1.32 bits per heavy atom. The van der Waals surface area contributed by atoms with Gasteiger partial charge in [-0.2, -0.15) is 0 Å². The molecule has 0 saturated carbocycles. The molecular formula is C17H28N2. The molecule has 2 rings (SSSR count). The van der Waals surface area contributed by atoms with Crippen molar-refractivity contribution < 1.29 is 0 Å². The molecule has 2 heteroatoms. The standard InChI is InChI=1S/C17H28N2/c1-3-4-5-8-14(2)19-13-17-16-10-7-6-9-15(16)11-12-18-17/h6-7,9-10,14,17-19H,3-5,8,11-13H2,1-2H3. The van der Waals surface area contributed by atoms with E-state index in [1.807, 2.05) is 0 Å². The zero-order chi connectivity index (χ0) is 13.5. The van der Waals surface area contributed by atoms with Gasteiger partial charge in [0, 0.05) is 18.6 Å². The lowest BCUT2D eigenvalue weighted by molar-refractivity contribution is 0.418. The van der Waals surface area contributed by atoms with Crippen molar-refractivity contribution in [2.45, 2.75) is 58.0 Å². The fourth-order valence-corrected chi connectivity index (χ4v) is 2.90. The average molecular weight is 260 g/mol. The summed E-state index contributed by atoms with van der Waals surface area (Å²) in [6, 6.07) is 9.97. The van der Waals surface area contributed by atoms with E-state index in [-0.39, 0.29) is 0 Å². The Labute approximate surface area is 118 Å². The minimum Gasteiger partial charge on any atom is -0.312 e. The maximum absolute atomic E-state index is 3.69. The van der Waals surface area contributed by atoms with E-state index in [1.54, 1.807) is 0 Å². The number of nitrogens with one attached hydrogen (secondary N) is 2. The van der Waals surface area contributed by atoms with E-state index in [9.17, 15) is 0 Å². The number of hydrogen-bond donors (Lipinski definition) is 2. The number of fused-ring (bicyclic) bond motifs is 1. The van der Waals surface area contributed by atoms with Crippen LogP contribution in [0.25, 0.3) is 0 Å².